The molecule has 0 aliphatic heterocycles. The van der Waals surface area contributed by atoms with E-state index in [1.165, 1.54) is 4.90 Å². The number of nitrogens with zero attached hydrogens (tertiary/aromatic N) is 1. The van der Waals surface area contributed by atoms with Crippen LogP contribution in [0.1, 0.15) is 13.8 Å². The van der Waals surface area contributed by atoms with Crippen LogP contribution in [0.4, 0.5) is 0 Å². The lowest BCUT2D eigenvalue weighted by atomic mass is 10.1. The van der Waals surface area contributed by atoms with Crippen LogP contribution in [0, 0.1) is 0 Å². The number of amides is 1. The van der Waals surface area contributed by atoms with Gasteiger partial charge in [0.2, 0.25) is 0 Å². The highest BCUT2D eigenvalue weighted by atomic mass is 16.5. The van der Waals surface area contributed by atoms with Gasteiger partial charge in [0.15, 0.2) is 6.61 Å². The second-order valence-corrected chi connectivity index (χ2v) is 4.66. The van der Waals surface area contributed by atoms with Crippen molar-refractivity contribution >= 4 is 5.91 Å². The largest absolute Gasteiger partial charge is 0.484 e. The van der Waals surface area contributed by atoms with E-state index >= 15 is 0 Å². The molecular formula is C13H19NO3. The third kappa shape index (κ3) is 5.36. The topological polar surface area (TPSA) is 49.8 Å². The Balaban J connectivity index is 2.40. The van der Waals surface area contributed by atoms with E-state index < -0.39 is 5.60 Å². The number of hydrogen-bond acceptors (Lipinski definition) is 3. The molecule has 0 spiro atoms. The molecule has 0 saturated carbocycles. The lowest BCUT2D eigenvalue weighted by Crippen LogP contribution is -2.41. The Morgan fingerprint density at radius 1 is 1.35 bits per heavy atom. The Bertz CT molecular complexity index is 357. The normalized spacial score (nSPS) is 11.1. The average Bonchev–Trinajstić information content (AvgIpc) is 2.25. The number of carbonyl (C=O) groups excluding carboxylic acids is 1. The quantitative estimate of drug-likeness (QED) is 0.839. The number of ether oxygens (including phenoxy) is 1. The highest BCUT2D eigenvalue weighted by molar-refractivity contribution is 5.77. The molecule has 0 atom stereocenters. The van der Waals surface area contributed by atoms with Gasteiger partial charge in [-0.1, -0.05) is 18.2 Å². The van der Waals surface area contributed by atoms with Crippen molar-refractivity contribution in [3.8, 4) is 5.75 Å². The Hall–Kier alpha value is -1.55. The van der Waals surface area contributed by atoms with Crippen LogP contribution >= 0.6 is 0 Å². The van der Waals surface area contributed by atoms with Gasteiger partial charge < -0.3 is 14.7 Å². The molecule has 1 N–H and O–H groups in total. The second kappa shape index (κ2) is 5.68. The van der Waals surface area contributed by atoms with Crippen LogP contribution in [0.25, 0.3) is 0 Å². The average molecular weight is 237 g/mol. The van der Waals surface area contributed by atoms with Gasteiger partial charge in [0.1, 0.15) is 5.75 Å². The lowest BCUT2D eigenvalue weighted by molar-refractivity contribution is -0.134. The van der Waals surface area contributed by atoms with Crippen LogP contribution in [0.5, 0.6) is 5.75 Å². The number of likely N-dealkylation sites (N-methyl/N-ethyl adjacent to an activating group) is 1. The number of para-hydroxylation sites is 1. The van der Waals surface area contributed by atoms with Gasteiger partial charge in [-0.15, -0.1) is 0 Å². The Labute approximate surface area is 102 Å². The summed E-state index contributed by atoms with van der Waals surface area (Å²) < 4.78 is 5.33. The number of carbonyl (C=O) groups is 1. The summed E-state index contributed by atoms with van der Waals surface area (Å²) in [6.07, 6.45) is 0. The molecule has 0 aliphatic rings. The van der Waals surface area contributed by atoms with Crippen molar-refractivity contribution in [2.75, 3.05) is 20.2 Å². The predicted octanol–water partition coefficient (Wildman–Crippen LogP) is 1.29. The van der Waals surface area contributed by atoms with E-state index in [9.17, 15) is 9.90 Å². The molecule has 0 saturated heterocycles. The molecule has 94 valence electrons. The Morgan fingerprint density at radius 2 is 1.94 bits per heavy atom. The second-order valence-electron chi connectivity index (χ2n) is 4.66. The molecule has 4 nitrogen and oxygen atoms in total. The zero-order valence-corrected chi connectivity index (χ0v) is 10.5. The minimum absolute atomic E-state index is 0.0173. The molecule has 1 amide bonds. The summed E-state index contributed by atoms with van der Waals surface area (Å²) >= 11 is 0. The van der Waals surface area contributed by atoms with E-state index in [0.29, 0.717) is 5.75 Å². The van der Waals surface area contributed by atoms with Crippen molar-refractivity contribution in [2.45, 2.75) is 19.4 Å². The van der Waals surface area contributed by atoms with Crippen molar-refractivity contribution in [3.63, 3.8) is 0 Å². The summed E-state index contributed by atoms with van der Waals surface area (Å²) in [5, 5.41) is 9.59. The molecule has 0 aromatic heterocycles. The van der Waals surface area contributed by atoms with Gasteiger partial charge in [-0.3, -0.25) is 4.79 Å². The number of rotatable bonds is 5. The molecule has 1 aromatic rings. The molecule has 0 bridgehead atoms. The van der Waals surface area contributed by atoms with Crippen molar-refractivity contribution in [1.82, 2.24) is 4.90 Å². The minimum Gasteiger partial charge on any atom is -0.484 e. The van der Waals surface area contributed by atoms with Crippen LogP contribution in [0.15, 0.2) is 30.3 Å². The van der Waals surface area contributed by atoms with Crippen LogP contribution in [-0.2, 0) is 4.79 Å². The molecule has 0 unspecified atom stereocenters. The molecule has 0 heterocycles. The monoisotopic (exact) mass is 237 g/mol. The number of aliphatic hydroxyl groups is 1. The standard InChI is InChI=1S/C13H19NO3/c1-13(2,16)10-14(3)12(15)9-17-11-7-5-4-6-8-11/h4-8,16H,9-10H2,1-3H3. The van der Waals surface area contributed by atoms with Gasteiger partial charge in [-0.25, -0.2) is 0 Å². The fraction of sp³-hybridized carbons (Fsp3) is 0.462. The summed E-state index contributed by atoms with van der Waals surface area (Å²) in [5.41, 5.74) is -0.892. The van der Waals surface area contributed by atoms with Gasteiger partial charge in [0.25, 0.3) is 5.91 Å². The van der Waals surface area contributed by atoms with E-state index in [0.717, 1.165) is 0 Å². The molecular weight excluding hydrogens is 218 g/mol. The first-order valence-corrected chi connectivity index (χ1v) is 5.53. The molecule has 0 fully saturated rings. The molecule has 0 aliphatic carbocycles. The van der Waals surface area contributed by atoms with Crippen molar-refractivity contribution in [2.24, 2.45) is 0 Å². The summed E-state index contributed by atoms with van der Waals surface area (Å²) in [5.74, 6) is 0.508. The van der Waals surface area contributed by atoms with Gasteiger partial charge >= 0.3 is 0 Å². The fourth-order valence-corrected chi connectivity index (χ4v) is 1.44. The molecule has 1 aromatic carbocycles. The Morgan fingerprint density at radius 3 is 2.47 bits per heavy atom. The summed E-state index contributed by atoms with van der Waals surface area (Å²) in [6, 6.07) is 9.17. The molecule has 1 rings (SSSR count). The third-order valence-electron chi connectivity index (χ3n) is 2.16. The highest BCUT2D eigenvalue weighted by Gasteiger charge is 2.19. The zero-order valence-electron chi connectivity index (χ0n) is 10.5. The van der Waals surface area contributed by atoms with Gasteiger partial charge in [-0.05, 0) is 26.0 Å². The minimum atomic E-state index is -0.892. The first-order chi connectivity index (χ1) is 7.88. The van der Waals surface area contributed by atoms with E-state index in [2.05, 4.69) is 0 Å². The van der Waals surface area contributed by atoms with Crippen LogP contribution < -0.4 is 4.74 Å². The van der Waals surface area contributed by atoms with E-state index in [1.54, 1.807) is 33.0 Å². The summed E-state index contributed by atoms with van der Waals surface area (Å²) in [4.78, 5) is 13.1. The van der Waals surface area contributed by atoms with Crippen molar-refractivity contribution in [1.29, 1.82) is 0 Å². The Kier molecular flexibility index (Phi) is 4.52. The van der Waals surface area contributed by atoms with E-state index in [1.807, 2.05) is 18.2 Å². The number of hydrogen-bond donors (Lipinski definition) is 1. The van der Waals surface area contributed by atoms with Crippen LogP contribution in [0.3, 0.4) is 0 Å². The molecule has 17 heavy (non-hydrogen) atoms. The molecule has 4 heteroatoms. The number of benzene rings is 1. The van der Waals surface area contributed by atoms with Crippen LogP contribution in [0.2, 0.25) is 0 Å². The molecule has 0 radical (unpaired) electrons. The SMILES string of the molecule is CN(CC(C)(C)O)C(=O)COc1ccccc1. The lowest BCUT2D eigenvalue weighted by Gasteiger charge is -2.25. The van der Waals surface area contributed by atoms with E-state index in [-0.39, 0.29) is 19.1 Å². The summed E-state index contributed by atoms with van der Waals surface area (Å²) in [6.45, 7) is 3.59. The van der Waals surface area contributed by atoms with Crippen molar-refractivity contribution < 1.29 is 14.6 Å². The maximum absolute atomic E-state index is 11.7. The fourth-order valence-electron chi connectivity index (χ4n) is 1.44. The predicted molar refractivity (Wildman–Crippen MR) is 65.9 cm³/mol. The first kappa shape index (κ1) is 13.5. The van der Waals surface area contributed by atoms with Crippen molar-refractivity contribution in [3.05, 3.63) is 30.3 Å². The summed E-state index contributed by atoms with van der Waals surface area (Å²) in [7, 11) is 1.65. The highest BCUT2D eigenvalue weighted by Crippen LogP contribution is 2.09. The smallest absolute Gasteiger partial charge is 0.260 e. The third-order valence-corrected chi connectivity index (χ3v) is 2.16. The maximum Gasteiger partial charge on any atom is 0.260 e. The first-order valence-electron chi connectivity index (χ1n) is 5.53. The van der Waals surface area contributed by atoms with Crippen LogP contribution in [-0.4, -0.2) is 41.7 Å². The van der Waals surface area contributed by atoms with Gasteiger partial charge in [0, 0.05) is 13.6 Å². The zero-order chi connectivity index (χ0) is 12.9. The van der Waals surface area contributed by atoms with Gasteiger partial charge in [0.05, 0.1) is 5.60 Å². The maximum atomic E-state index is 11.7. The van der Waals surface area contributed by atoms with E-state index in [4.69, 9.17) is 4.74 Å². The van der Waals surface area contributed by atoms with Gasteiger partial charge in [-0.2, -0.15) is 0 Å².